The normalized spacial score (nSPS) is 10.9. The zero-order valence-corrected chi connectivity index (χ0v) is 14.5. The molecule has 1 aromatic carbocycles. The maximum Gasteiger partial charge on any atom is 0.146 e. The molecule has 0 fully saturated rings. The number of nitrogen functional groups attached to an aromatic ring is 1. The SMILES string of the molecule is CCN(CC)CCOc1c(I)cc(N)cc1I. The van der Waals surface area contributed by atoms with Gasteiger partial charge in [0.15, 0.2) is 0 Å². The Morgan fingerprint density at radius 2 is 1.71 bits per heavy atom. The number of benzene rings is 1. The summed E-state index contributed by atoms with van der Waals surface area (Å²) in [7, 11) is 0. The van der Waals surface area contributed by atoms with Crippen molar-refractivity contribution in [3.63, 3.8) is 0 Å². The van der Waals surface area contributed by atoms with Gasteiger partial charge in [-0.05, 0) is 70.4 Å². The molecule has 1 rings (SSSR count). The Kier molecular flexibility index (Phi) is 6.86. The van der Waals surface area contributed by atoms with Crippen molar-refractivity contribution in [2.75, 3.05) is 32.0 Å². The van der Waals surface area contributed by atoms with E-state index >= 15 is 0 Å². The summed E-state index contributed by atoms with van der Waals surface area (Å²) in [4.78, 5) is 2.34. The molecule has 0 aromatic heterocycles. The summed E-state index contributed by atoms with van der Waals surface area (Å²) < 4.78 is 8.00. The lowest BCUT2D eigenvalue weighted by Crippen LogP contribution is -2.28. The standard InChI is InChI=1S/C12H18I2N2O/c1-3-16(4-2)5-6-17-12-10(13)7-9(15)8-11(12)14/h7-8H,3-6,15H2,1-2H3. The van der Waals surface area contributed by atoms with Crippen LogP contribution >= 0.6 is 45.2 Å². The van der Waals surface area contributed by atoms with Crippen LogP contribution in [0.25, 0.3) is 0 Å². The van der Waals surface area contributed by atoms with Gasteiger partial charge in [-0.1, -0.05) is 13.8 Å². The minimum Gasteiger partial charge on any atom is -0.490 e. The molecule has 0 radical (unpaired) electrons. The van der Waals surface area contributed by atoms with Gasteiger partial charge in [-0.25, -0.2) is 0 Å². The van der Waals surface area contributed by atoms with Crippen LogP contribution in [0, 0.1) is 7.14 Å². The minimum atomic E-state index is 0.720. The molecule has 0 atom stereocenters. The molecule has 0 amide bonds. The first-order valence-electron chi connectivity index (χ1n) is 5.68. The third-order valence-corrected chi connectivity index (χ3v) is 4.17. The first kappa shape index (κ1) is 15.3. The number of hydrogen-bond donors (Lipinski definition) is 1. The fourth-order valence-corrected chi connectivity index (χ4v) is 3.66. The molecule has 0 unspecified atom stereocenters. The van der Waals surface area contributed by atoms with Crippen molar-refractivity contribution < 1.29 is 4.74 Å². The molecule has 0 saturated carbocycles. The molecule has 17 heavy (non-hydrogen) atoms. The summed E-state index contributed by atoms with van der Waals surface area (Å²) in [6.45, 7) is 8.15. The van der Waals surface area contributed by atoms with Gasteiger partial charge in [0.05, 0.1) is 7.14 Å². The fourth-order valence-electron chi connectivity index (χ4n) is 1.53. The fraction of sp³-hybridized carbons (Fsp3) is 0.500. The number of ether oxygens (including phenoxy) is 1. The van der Waals surface area contributed by atoms with Gasteiger partial charge in [-0.2, -0.15) is 0 Å². The largest absolute Gasteiger partial charge is 0.490 e. The van der Waals surface area contributed by atoms with Gasteiger partial charge in [-0.15, -0.1) is 0 Å². The average molecular weight is 460 g/mol. The number of anilines is 1. The first-order chi connectivity index (χ1) is 8.08. The van der Waals surface area contributed by atoms with Crippen molar-refractivity contribution in [1.29, 1.82) is 0 Å². The van der Waals surface area contributed by atoms with E-state index in [1.807, 2.05) is 12.1 Å². The predicted octanol–water partition coefficient (Wildman–Crippen LogP) is 3.20. The zero-order chi connectivity index (χ0) is 12.8. The first-order valence-corrected chi connectivity index (χ1v) is 7.83. The highest BCUT2D eigenvalue weighted by molar-refractivity contribution is 14.1. The van der Waals surface area contributed by atoms with E-state index in [1.165, 1.54) is 0 Å². The second-order valence-corrected chi connectivity index (χ2v) is 6.01. The Hall–Kier alpha value is 0.240. The van der Waals surface area contributed by atoms with E-state index < -0.39 is 0 Å². The Morgan fingerprint density at radius 1 is 1.18 bits per heavy atom. The van der Waals surface area contributed by atoms with Crippen molar-refractivity contribution in [2.24, 2.45) is 0 Å². The van der Waals surface area contributed by atoms with Gasteiger partial charge in [-0.3, -0.25) is 0 Å². The van der Waals surface area contributed by atoms with Crippen molar-refractivity contribution in [2.45, 2.75) is 13.8 Å². The van der Waals surface area contributed by atoms with Crippen LogP contribution in [0.1, 0.15) is 13.8 Å². The third-order valence-electron chi connectivity index (χ3n) is 2.57. The van der Waals surface area contributed by atoms with Crippen LogP contribution in [-0.2, 0) is 0 Å². The number of nitrogens with zero attached hydrogens (tertiary/aromatic N) is 1. The molecule has 2 N–H and O–H groups in total. The van der Waals surface area contributed by atoms with Crippen molar-refractivity contribution in [3.8, 4) is 5.75 Å². The van der Waals surface area contributed by atoms with E-state index in [0.717, 1.165) is 44.8 Å². The highest BCUT2D eigenvalue weighted by Crippen LogP contribution is 2.29. The topological polar surface area (TPSA) is 38.5 Å². The summed E-state index contributed by atoms with van der Waals surface area (Å²) in [5, 5.41) is 0. The average Bonchev–Trinajstić information content (AvgIpc) is 2.27. The summed E-state index contributed by atoms with van der Waals surface area (Å²) in [6.07, 6.45) is 0. The molecule has 5 heteroatoms. The lowest BCUT2D eigenvalue weighted by Gasteiger charge is -2.19. The molecule has 96 valence electrons. The molecule has 1 aromatic rings. The molecular formula is C12H18I2N2O. The Labute approximate surface area is 130 Å². The quantitative estimate of drug-likeness (QED) is 0.524. The van der Waals surface area contributed by atoms with Crippen molar-refractivity contribution >= 4 is 50.9 Å². The number of hydrogen-bond acceptors (Lipinski definition) is 3. The maximum atomic E-state index is 5.84. The highest BCUT2D eigenvalue weighted by atomic mass is 127. The minimum absolute atomic E-state index is 0.720. The maximum absolute atomic E-state index is 5.84. The van der Waals surface area contributed by atoms with E-state index in [1.54, 1.807) is 0 Å². The van der Waals surface area contributed by atoms with Crippen LogP contribution in [0.2, 0.25) is 0 Å². The molecule has 0 saturated heterocycles. The van der Waals surface area contributed by atoms with E-state index in [0.29, 0.717) is 0 Å². The van der Waals surface area contributed by atoms with Gasteiger partial charge in [0.2, 0.25) is 0 Å². The molecule has 0 aliphatic rings. The third kappa shape index (κ3) is 4.78. The number of likely N-dealkylation sites (N-methyl/N-ethyl adjacent to an activating group) is 1. The van der Waals surface area contributed by atoms with Crippen LogP contribution in [-0.4, -0.2) is 31.1 Å². The summed E-state index contributed by atoms with van der Waals surface area (Å²) in [5.74, 6) is 0.951. The lowest BCUT2D eigenvalue weighted by molar-refractivity contribution is 0.221. The van der Waals surface area contributed by atoms with Gasteiger partial charge in [0, 0.05) is 12.2 Å². The highest BCUT2D eigenvalue weighted by Gasteiger charge is 2.08. The van der Waals surface area contributed by atoms with Crippen molar-refractivity contribution in [3.05, 3.63) is 19.3 Å². The molecular weight excluding hydrogens is 442 g/mol. The van der Waals surface area contributed by atoms with E-state index in [-0.39, 0.29) is 0 Å². The number of rotatable bonds is 6. The molecule has 3 nitrogen and oxygen atoms in total. The Morgan fingerprint density at radius 3 is 2.18 bits per heavy atom. The van der Waals surface area contributed by atoms with Crippen LogP contribution in [0.3, 0.4) is 0 Å². The van der Waals surface area contributed by atoms with E-state index in [9.17, 15) is 0 Å². The smallest absolute Gasteiger partial charge is 0.146 e. The molecule has 0 spiro atoms. The Balaban J connectivity index is 2.58. The molecule has 0 aliphatic heterocycles. The van der Waals surface area contributed by atoms with Gasteiger partial charge >= 0.3 is 0 Å². The number of halogens is 2. The van der Waals surface area contributed by atoms with E-state index in [2.05, 4.69) is 63.9 Å². The second kappa shape index (κ2) is 7.63. The Bertz CT molecular complexity index is 345. The van der Waals surface area contributed by atoms with Crippen molar-refractivity contribution in [1.82, 2.24) is 4.90 Å². The van der Waals surface area contributed by atoms with E-state index in [4.69, 9.17) is 10.5 Å². The monoisotopic (exact) mass is 460 g/mol. The van der Waals surface area contributed by atoms with Gasteiger partial charge < -0.3 is 15.4 Å². The molecule has 0 bridgehead atoms. The zero-order valence-electron chi connectivity index (χ0n) is 10.2. The number of nitrogens with two attached hydrogens (primary N) is 1. The predicted molar refractivity (Wildman–Crippen MR) is 89.6 cm³/mol. The van der Waals surface area contributed by atoms with Crippen LogP contribution in [0.4, 0.5) is 5.69 Å². The van der Waals surface area contributed by atoms with Crippen LogP contribution < -0.4 is 10.5 Å². The van der Waals surface area contributed by atoms with Gasteiger partial charge in [0.1, 0.15) is 12.4 Å². The summed E-state index contributed by atoms with van der Waals surface area (Å²) in [5.41, 5.74) is 6.56. The molecule has 0 aliphatic carbocycles. The van der Waals surface area contributed by atoms with Gasteiger partial charge in [0.25, 0.3) is 0 Å². The summed E-state index contributed by atoms with van der Waals surface area (Å²) in [6, 6.07) is 3.88. The van der Waals surface area contributed by atoms with Crippen LogP contribution in [0.15, 0.2) is 12.1 Å². The summed E-state index contributed by atoms with van der Waals surface area (Å²) >= 11 is 4.53. The lowest BCUT2D eigenvalue weighted by atomic mass is 10.3. The molecule has 0 heterocycles. The second-order valence-electron chi connectivity index (χ2n) is 3.69. The van der Waals surface area contributed by atoms with Crippen LogP contribution in [0.5, 0.6) is 5.75 Å².